The fourth-order valence-corrected chi connectivity index (χ4v) is 2.20. The van der Waals surface area contributed by atoms with Crippen molar-refractivity contribution >= 4 is 23.4 Å². The number of alkyl halides is 3. The predicted octanol–water partition coefficient (Wildman–Crippen LogP) is 0.893. The highest BCUT2D eigenvalue weighted by atomic mass is 19.4. The Bertz CT molecular complexity index is 753. The Labute approximate surface area is 134 Å². The van der Waals surface area contributed by atoms with Crippen molar-refractivity contribution in [3.63, 3.8) is 0 Å². The number of nitrogens with zero attached hydrogens (tertiary/aromatic N) is 5. The first-order chi connectivity index (χ1) is 11.4. The summed E-state index contributed by atoms with van der Waals surface area (Å²) < 4.78 is 45.6. The zero-order chi connectivity index (χ0) is 17.3. The molecular weight excluding hydrogens is 329 g/mol. The molecule has 1 aliphatic rings. The van der Waals surface area contributed by atoms with Gasteiger partial charge in [0.05, 0.1) is 19.4 Å². The molecule has 3 N–H and O–H groups in total. The summed E-state index contributed by atoms with van der Waals surface area (Å²) in [5, 5.41) is 11.1. The molecule has 1 aliphatic heterocycles. The molecule has 3 rings (SSSR count). The van der Waals surface area contributed by atoms with Gasteiger partial charge in [-0.1, -0.05) is 0 Å². The first kappa shape index (κ1) is 16.2. The van der Waals surface area contributed by atoms with Gasteiger partial charge in [0.25, 0.3) is 0 Å². The van der Waals surface area contributed by atoms with E-state index in [0.717, 1.165) is 4.52 Å². The number of hydrogen-bond donors (Lipinski definition) is 3. The van der Waals surface area contributed by atoms with Crippen LogP contribution in [0.2, 0.25) is 0 Å². The summed E-state index contributed by atoms with van der Waals surface area (Å²) in [6.07, 6.45) is -3.88. The van der Waals surface area contributed by atoms with Crippen molar-refractivity contribution in [2.24, 2.45) is 0 Å². The second-order valence-corrected chi connectivity index (χ2v) is 5.11. The van der Waals surface area contributed by atoms with Crippen LogP contribution >= 0.6 is 0 Å². The predicted molar refractivity (Wildman–Crippen MR) is 79.0 cm³/mol. The van der Waals surface area contributed by atoms with Gasteiger partial charge in [-0.3, -0.25) is 16.3 Å². The molecule has 0 atom stereocenters. The maximum absolute atomic E-state index is 13.2. The molecule has 0 aliphatic carbocycles. The van der Waals surface area contributed by atoms with Crippen LogP contribution in [0.4, 0.5) is 25.1 Å². The van der Waals surface area contributed by atoms with Gasteiger partial charge >= 0.3 is 6.18 Å². The fraction of sp³-hybridized carbons (Fsp3) is 0.500. The monoisotopic (exact) mass is 344 g/mol. The van der Waals surface area contributed by atoms with Crippen LogP contribution in [0.5, 0.6) is 0 Å². The Morgan fingerprint density at radius 3 is 2.62 bits per heavy atom. The van der Waals surface area contributed by atoms with E-state index < -0.39 is 11.7 Å². The Hall–Kier alpha value is -2.63. The van der Waals surface area contributed by atoms with E-state index in [9.17, 15) is 13.2 Å². The third-order valence-corrected chi connectivity index (χ3v) is 3.32. The number of halogens is 3. The maximum atomic E-state index is 13.2. The van der Waals surface area contributed by atoms with Crippen molar-refractivity contribution < 1.29 is 17.9 Å². The molecule has 12 heteroatoms. The van der Waals surface area contributed by atoms with Gasteiger partial charge in [-0.25, -0.2) is 0 Å². The van der Waals surface area contributed by atoms with Gasteiger partial charge in [0.15, 0.2) is 5.65 Å². The van der Waals surface area contributed by atoms with E-state index in [1.54, 1.807) is 4.90 Å². The Balaban J connectivity index is 2.09. The second kappa shape index (κ2) is 6.11. The highest BCUT2D eigenvalue weighted by Gasteiger charge is 2.36. The molecule has 0 bridgehead atoms. The minimum atomic E-state index is -4.58. The normalized spacial score (nSPS) is 15.6. The third kappa shape index (κ3) is 3.18. The van der Waals surface area contributed by atoms with Gasteiger partial charge in [-0.05, 0) is 6.92 Å². The molecule has 0 unspecified atom stereocenters. The van der Waals surface area contributed by atoms with Crippen molar-refractivity contribution in [3.05, 3.63) is 11.8 Å². The average molecular weight is 344 g/mol. The smallest absolute Gasteiger partial charge is 0.378 e. The topological polar surface area (TPSA) is 103 Å². The Kier molecular flexibility index (Phi) is 4.13. The van der Waals surface area contributed by atoms with Crippen LogP contribution in [-0.4, -0.2) is 51.7 Å². The zero-order valence-electron chi connectivity index (χ0n) is 12.7. The van der Waals surface area contributed by atoms with E-state index in [2.05, 4.69) is 25.9 Å². The molecule has 3 heterocycles. The van der Waals surface area contributed by atoms with E-state index >= 15 is 0 Å². The Morgan fingerprint density at radius 2 is 2.00 bits per heavy atom. The van der Waals surface area contributed by atoms with Crippen molar-refractivity contribution in [3.8, 4) is 0 Å². The van der Waals surface area contributed by atoms with Gasteiger partial charge in [-0.15, -0.1) is 0 Å². The van der Waals surface area contributed by atoms with E-state index in [-0.39, 0.29) is 23.4 Å². The summed E-state index contributed by atoms with van der Waals surface area (Å²) in [5.41, 5.74) is 3.77. The van der Waals surface area contributed by atoms with Gasteiger partial charge in [0.2, 0.25) is 11.9 Å². The van der Waals surface area contributed by atoms with Gasteiger partial charge < -0.3 is 9.64 Å². The number of rotatable bonds is 3. The third-order valence-electron chi connectivity index (χ3n) is 3.32. The van der Waals surface area contributed by atoms with Crippen molar-refractivity contribution in [1.29, 1.82) is 5.41 Å². The van der Waals surface area contributed by atoms with Crippen LogP contribution in [0.1, 0.15) is 12.5 Å². The van der Waals surface area contributed by atoms with Crippen LogP contribution in [0.15, 0.2) is 6.20 Å². The standard InChI is InChI=1S/C12H15F3N8O/c1-7(16)20-21-11-19-10(22-2-4-24-5-3-22)18-9-8(12(13,14)15)6-17-23(9)11/h6H,2-5H2,1H3,(H2,16,20)(H,18,19,21). The highest BCUT2D eigenvalue weighted by Crippen LogP contribution is 2.32. The number of morpholine rings is 1. The van der Waals surface area contributed by atoms with Crippen LogP contribution in [0.3, 0.4) is 0 Å². The number of aromatic nitrogens is 4. The lowest BCUT2D eigenvalue weighted by Crippen LogP contribution is -2.38. The largest absolute Gasteiger partial charge is 0.421 e. The number of hydrazine groups is 1. The molecule has 9 nitrogen and oxygen atoms in total. The summed E-state index contributed by atoms with van der Waals surface area (Å²) in [6, 6.07) is 0. The van der Waals surface area contributed by atoms with E-state index in [0.29, 0.717) is 32.5 Å². The molecule has 1 fully saturated rings. The molecule has 24 heavy (non-hydrogen) atoms. The minimum Gasteiger partial charge on any atom is -0.378 e. The molecule has 2 aromatic rings. The highest BCUT2D eigenvalue weighted by molar-refractivity contribution is 5.77. The fourth-order valence-electron chi connectivity index (χ4n) is 2.20. The van der Waals surface area contributed by atoms with E-state index in [4.69, 9.17) is 10.1 Å². The summed E-state index contributed by atoms with van der Waals surface area (Å²) in [6.45, 7) is 3.31. The van der Waals surface area contributed by atoms with Crippen LogP contribution in [0.25, 0.3) is 5.65 Å². The summed E-state index contributed by atoms with van der Waals surface area (Å²) in [7, 11) is 0. The molecule has 0 saturated carbocycles. The van der Waals surface area contributed by atoms with Crippen LogP contribution in [-0.2, 0) is 10.9 Å². The first-order valence-corrected chi connectivity index (χ1v) is 7.09. The molecule has 0 aromatic carbocycles. The number of hydrogen-bond acceptors (Lipinski definition) is 7. The SMILES string of the molecule is CC(=N)NNc1nc(N2CCOCC2)nc2c(C(F)(F)F)cnn12. The number of nitrogens with one attached hydrogen (secondary N) is 3. The molecule has 1 saturated heterocycles. The summed E-state index contributed by atoms with van der Waals surface area (Å²) >= 11 is 0. The van der Waals surface area contributed by atoms with Crippen LogP contribution < -0.4 is 15.8 Å². The molecular formula is C12H15F3N8O. The lowest BCUT2D eigenvalue weighted by Gasteiger charge is -2.27. The van der Waals surface area contributed by atoms with Crippen molar-refractivity contribution in [2.75, 3.05) is 36.6 Å². The number of amidine groups is 1. The van der Waals surface area contributed by atoms with Crippen molar-refractivity contribution in [1.82, 2.24) is 25.0 Å². The second-order valence-electron chi connectivity index (χ2n) is 5.11. The van der Waals surface area contributed by atoms with E-state index in [1.165, 1.54) is 6.92 Å². The van der Waals surface area contributed by atoms with Gasteiger partial charge in [0.1, 0.15) is 11.4 Å². The number of ether oxygens (including phenoxy) is 1. The van der Waals surface area contributed by atoms with Crippen molar-refractivity contribution in [2.45, 2.75) is 13.1 Å². The first-order valence-electron chi connectivity index (χ1n) is 7.09. The average Bonchev–Trinajstić information content (AvgIpc) is 2.97. The van der Waals surface area contributed by atoms with Gasteiger partial charge in [-0.2, -0.15) is 32.8 Å². The molecule has 0 radical (unpaired) electrons. The lowest BCUT2D eigenvalue weighted by atomic mass is 10.3. The van der Waals surface area contributed by atoms with Gasteiger partial charge in [0, 0.05) is 13.1 Å². The number of anilines is 2. The lowest BCUT2D eigenvalue weighted by molar-refractivity contribution is -0.136. The summed E-state index contributed by atoms with van der Waals surface area (Å²) in [4.78, 5) is 9.98. The molecule has 2 aromatic heterocycles. The Morgan fingerprint density at radius 1 is 1.29 bits per heavy atom. The molecule has 130 valence electrons. The zero-order valence-corrected chi connectivity index (χ0v) is 12.7. The molecule has 0 spiro atoms. The minimum absolute atomic E-state index is 0.00333. The molecule has 0 amide bonds. The van der Waals surface area contributed by atoms with Crippen LogP contribution in [0, 0.1) is 5.41 Å². The quantitative estimate of drug-likeness (QED) is 0.432. The maximum Gasteiger partial charge on any atom is 0.421 e. The summed E-state index contributed by atoms with van der Waals surface area (Å²) in [5.74, 6) is 0.213. The number of fused-ring (bicyclic) bond motifs is 1. The van der Waals surface area contributed by atoms with E-state index in [1.807, 2.05) is 0 Å².